The van der Waals surface area contributed by atoms with E-state index in [0.29, 0.717) is 12.8 Å². The highest BCUT2D eigenvalue weighted by atomic mass is 32.2. The summed E-state index contributed by atoms with van der Waals surface area (Å²) in [6.45, 7) is 0. The van der Waals surface area contributed by atoms with Crippen molar-refractivity contribution in [2.75, 3.05) is 11.5 Å². The third-order valence-corrected chi connectivity index (χ3v) is 4.43. The first kappa shape index (κ1) is 16.5. The summed E-state index contributed by atoms with van der Waals surface area (Å²) in [5, 5.41) is 0. The predicted molar refractivity (Wildman–Crippen MR) is 92.7 cm³/mol. The van der Waals surface area contributed by atoms with Crippen LogP contribution < -0.4 is 0 Å². The fourth-order valence-corrected chi connectivity index (χ4v) is 3.02. The lowest BCUT2D eigenvalue weighted by atomic mass is 10.1. The SMILES string of the molecule is O=C(CCCSCCC(=O)c1ccccc1)c1ccccc1. The van der Waals surface area contributed by atoms with Crippen LogP contribution in [0.25, 0.3) is 0 Å². The van der Waals surface area contributed by atoms with Crippen molar-refractivity contribution in [1.82, 2.24) is 0 Å². The van der Waals surface area contributed by atoms with Crippen LogP contribution in [0.2, 0.25) is 0 Å². The highest BCUT2D eigenvalue weighted by Crippen LogP contribution is 2.12. The molecular weight excluding hydrogens is 292 g/mol. The highest BCUT2D eigenvalue weighted by molar-refractivity contribution is 7.99. The number of benzene rings is 2. The van der Waals surface area contributed by atoms with E-state index in [1.807, 2.05) is 60.7 Å². The summed E-state index contributed by atoms with van der Waals surface area (Å²) in [5.74, 6) is 2.11. The summed E-state index contributed by atoms with van der Waals surface area (Å²) in [7, 11) is 0. The molecule has 2 nitrogen and oxygen atoms in total. The topological polar surface area (TPSA) is 34.1 Å². The van der Waals surface area contributed by atoms with E-state index in [1.54, 1.807) is 11.8 Å². The van der Waals surface area contributed by atoms with Gasteiger partial charge in [0.2, 0.25) is 0 Å². The van der Waals surface area contributed by atoms with Gasteiger partial charge in [-0.05, 0) is 12.2 Å². The molecule has 2 aromatic carbocycles. The van der Waals surface area contributed by atoms with Crippen molar-refractivity contribution in [2.24, 2.45) is 0 Å². The first-order valence-electron chi connectivity index (χ1n) is 7.51. The first-order valence-corrected chi connectivity index (χ1v) is 8.67. The van der Waals surface area contributed by atoms with Crippen molar-refractivity contribution in [3.63, 3.8) is 0 Å². The summed E-state index contributed by atoms with van der Waals surface area (Å²) in [6.07, 6.45) is 1.99. The minimum absolute atomic E-state index is 0.188. The maximum atomic E-state index is 11.9. The van der Waals surface area contributed by atoms with E-state index in [4.69, 9.17) is 0 Å². The van der Waals surface area contributed by atoms with Gasteiger partial charge in [0.1, 0.15) is 0 Å². The standard InChI is InChI=1S/C19H20O2S/c20-18(16-8-3-1-4-9-16)12-7-14-22-15-13-19(21)17-10-5-2-6-11-17/h1-6,8-11H,7,12-15H2. The first-order chi connectivity index (χ1) is 10.8. The molecule has 0 unspecified atom stereocenters. The molecule has 0 N–H and O–H groups in total. The molecule has 0 radical (unpaired) electrons. The molecule has 114 valence electrons. The van der Waals surface area contributed by atoms with Crippen LogP contribution in [0.4, 0.5) is 0 Å². The van der Waals surface area contributed by atoms with Crippen LogP contribution in [0.15, 0.2) is 60.7 Å². The van der Waals surface area contributed by atoms with Gasteiger partial charge < -0.3 is 0 Å². The molecule has 2 aromatic rings. The molecule has 0 saturated heterocycles. The molecule has 0 aromatic heterocycles. The monoisotopic (exact) mass is 312 g/mol. The van der Waals surface area contributed by atoms with Crippen LogP contribution in [0, 0.1) is 0 Å². The molecule has 0 fully saturated rings. The molecule has 0 amide bonds. The highest BCUT2D eigenvalue weighted by Gasteiger charge is 2.06. The Bertz CT molecular complexity index is 538. The fraction of sp³-hybridized carbons (Fsp3) is 0.263. The Hall–Kier alpha value is -1.87. The van der Waals surface area contributed by atoms with E-state index in [0.717, 1.165) is 29.1 Å². The summed E-state index contributed by atoms with van der Waals surface area (Å²) < 4.78 is 0. The van der Waals surface area contributed by atoms with Crippen LogP contribution in [0.1, 0.15) is 40.0 Å². The average Bonchev–Trinajstić information content (AvgIpc) is 2.59. The largest absolute Gasteiger partial charge is 0.294 e. The normalized spacial score (nSPS) is 10.4. The molecule has 2 rings (SSSR count). The van der Waals surface area contributed by atoms with Crippen molar-refractivity contribution in [2.45, 2.75) is 19.3 Å². The van der Waals surface area contributed by atoms with E-state index in [2.05, 4.69) is 0 Å². The quantitative estimate of drug-likeness (QED) is 0.499. The van der Waals surface area contributed by atoms with Gasteiger partial charge in [-0.25, -0.2) is 0 Å². The zero-order valence-corrected chi connectivity index (χ0v) is 13.4. The Morgan fingerprint density at radius 1 is 0.682 bits per heavy atom. The Morgan fingerprint density at radius 3 is 1.73 bits per heavy atom. The van der Waals surface area contributed by atoms with Gasteiger partial charge in [-0.15, -0.1) is 0 Å². The maximum Gasteiger partial charge on any atom is 0.163 e. The lowest BCUT2D eigenvalue weighted by Gasteiger charge is -2.03. The maximum absolute atomic E-state index is 11.9. The van der Waals surface area contributed by atoms with Crippen molar-refractivity contribution < 1.29 is 9.59 Å². The minimum Gasteiger partial charge on any atom is -0.294 e. The van der Waals surface area contributed by atoms with E-state index in [1.165, 1.54) is 0 Å². The van der Waals surface area contributed by atoms with E-state index >= 15 is 0 Å². The van der Waals surface area contributed by atoms with Crippen LogP contribution >= 0.6 is 11.8 Å². The van der Waals surface area contributed by atoms with Crippen LogP contribution in [-0.2, 0) is 0 Å². The van der Waals surface area contributed by atoms with Crippen molar-refractivity contribution in [1.29, 1.82) is 0 Å². The second kappa shape index (κ2) is 9.21. The molecular formula is C19H20O2S. The lowest BCUT2D eigenvalue weighted by Crippen LogP contribution is -2.01. The number of carbonyl (C=O) groups is 2. The second-order valence-electron chi connectivity index (χ2n) is 5.04. The molecule has 3 heteroatoms. The van der Waals surface area contributed by atoms with Gasteiger partial charge in [-0.1, -0.05) is 60.7 Å². The number of rotatable bonds is 9. The smallest absolute Gasteiger partial charge is 0.163 e. The third-order valence-electron chi connectivity index (χ3n) is 3.36. The van der Waals surface area contributed by atoms with Crippen LogP contribution in [0.5, 0.6) is 0 Å². The Kier molecular flexibility index (Phi) is 6.91. The number of hydrogen-bond acceptors (Lipinski definition) is 3. The Morgan fingerprint density at radius 2 is 1.18 bits per heavy atom. The molecule has 0 atom stereocenters. The zero-order chi connectivity index (χ0) is 15.6. The molecule has 0 heterocycles. The third kappa shape index (κ3) is 5.49. The predicted octanol–water partition coefficient (Wildman–Crippen LogP) is 4.66. The average molecular weight is 312 g/mol. The van der Waals surface area contributed by atoms with Crippen molar-refractivity contribution >= 4 is 23.3 Å². The van der Waals surface area contributed by atoms with Gasteiger partial charge in [-0.2, -0.15) is 11.8 Å². The Balaban J connectivity index is 1.58. The molecule has 0 aliphatic rings. The zero-order valence-electron chi connectivity index (χ0n) is 12.5. The van der Waals surface area contributed by atoms with E-state index in [9.17, 15) is 9.59 Å². The molecule has 0 aliphatic heterocycles. The van der Waals surface area contributed by atoms with Gasteiger partial charge in [0, 0.05) is 29.7 Å². The lowest BCUT2D eigenvalue weighted by molar-refractivity contribution is 0.0976. The number of ketones is 2. The molecule has 0 spiro atoms. The number of thioether (sulfide) groups is 1. The molecule has 0 saturated carbocycles. The molecule has 0 bridgehead atoms. The number of hydrogen-bond donors (Lipinski definition) is 0. The fourth-order valence-electron chi connectivity index (χ4n) is 2.14. The summed E-state index contributed by atoms with van der Waals surface area (Å²) in [4.78, 5) is 23.8. The summed E-state index contributed by atoms with van der Waals surface area (Å²) >= 11 is 1.74. The van der Waals surface area contributed by atoms with E-state index < -0.39 is 0 Å². The van der Waals surface area contributed by atoms with Gasteiger partial charge in [0.25, 0.3) is 0 Å². The number of carbonyl (C=O) groups excluding carboxylic acids is 2. The summed E-state index contributed by atoms with van der Waals surface area (Å²) in [6, 6.07) is 18.8. The van der Waals surface area contributed by atoms with Gasteiger partial charge in [-0.3, -0.25) is 9.59 Å². The van der Waals surface area contributed by atoms with Crippen molar-refractivity contribution in [3.8, 4) is 0 Å². The van der Waals surface area contributed by atoms with E-state index in [-0.39, 0.29) is 11.6 Å². The van der Waals surface area contributed by atoms with Crippen molar-refractivity contribution in [3.05, 3.63) is 71.8 Å². The van der Waals surface area contributed by atoms with Gasteiger partial charge >= 0.3 is 0 Å². The number of Topliss-reactive ketones (excluding diaryl/α,β-unsaturated/α-hetero) is 2. The summed E-state index contributed by atoms with van der Waals surface area (Å²) in [5.41, 5.74) is 1.56. The van der Waals surface area contributed by atoms with Crippen LogP contribution in [-0.4, -0.2) is 23.1 Å². The minimum atomic E-state index is 0.188. The van der Waals surface area contributed by atoms with Crippen LogP contribution in [0.3, 0.4) is 0 Å². The molecule has 0 aliphatic carbocycles. The van der Waals surface area contributed by atoms with Gasteiger partial charge in [0.05, 0.1) is 0 Å². The molecule has 22 heavy (non-hydrogen) atoms. The Labute approximate surface area is 135 Å². The second-order valence-corrected chi connectivity index (χ2v) is 6.27. The van der Waals surface area contributed by atoms with Gasteiger partial charge in [0.15, 0.2) is 11.6 Å².